The third-order valence-electron chi connectivity index (χ3n) is 2.48. The van der Waals surface area contributed by atoms with E-state index in [1.165, 1.54) is 0 Å². The minimum Gasteiger partial charge on any atom is -0.244 e. The normalized spacial score (nSPS) is 17.0. The Kier molecular flexibility index (Phi) is 5.70. The Morgan fingerprint density at radius 2 is 1.17 bits per heavy atom. The van der Waals surface area contributed by atoms with Crippen molar-refractivity contribution >= 4 is 0 Å². The van der Waals surface area contributed by atoms with Gasteiger partial charge in [-0.2, -0.15) is 52.7 Å². The molecule has 0 N–H and O–H groups in total. The first kappa shape index (κ1) is 21.8. The van der Waals surface area contributed by atoms with E-state index in [9.17, 15) is 57.1 Å². The Balaban J connectivity index is 5.96. The Bertz CT molecular complexity index is 461. The third-order valence-corrected chi connectivity index (χ3v) is 2.48. The predicted octanol–water partition coefficient (Wildman–Crippen LogP) is 5.58. The molecule has 1 atom stereocenters. The first-order valence-electron chi connectivity index (χ1n) is 5.18. The van der Waals surface area contributed by atoms with E-state index in [1.807, 2.05) is 0 Å². The van der Waals surface area contributed by atoms with E-state index >= 15 is 0 Å². The minimum absolute atomic E-state index is 0.0251. The number of hydrogen-bond donors (Lipinski definition) is 0. The molecule has 0 aliphatic carbocycles. The second kappa shape index (κ2) is 6.02. The molecule has 0 radical (unpaired) electrons. The highest BCUT2D eigenvalue weighted by Crippen LogP contribution is 2.55. The van der Waals surface area contributed by atoms with Crippen molar-refractivity contribution in [3.8, 4) is 0 Å². The molecule has 0 saturated carbocycles. The van der Waals surface area contributed by atoms with E-state index in [4.69, 9.17) is 0 Å². The average Bonchev–Trinajstić information content (AvgIpc) is 2.33. The molecular weight excluding hydrogens is 371 g/mol. The topological polar surface area (TPSA) is 9.23 Å². The summed E-state index contributed by atoms with van der Waals surface area (Å²) in [6, 6.07) is 0. The molecule has 0 amide bonds. The van der Waals surface area contributed by atoms with Crippen LogP contribution in [0.2, 0.25) is 0 Å². The van der Waals surface area contributed by atoms with E-state index in [-0.39, 0.29) is 6.92 Å². The van der Waals surface area contributed by atoms with Crippen LogP contribution < -0.4 is 0 Å². The Hall–Kier alpha value is -1.21. The number of halogens is 13. The van der Waals surface area contributed by atoms with Gasteiger partial charge in [-0.15, -0.1) is 0 Å². The molecule has 0 aromatic heterocycles. The molecule has 0 aromatic rings. The molecule has 1 nitrogen and oxygen atoms in total. The predicted molar refractivity (Wildman–Crippen MR) is 46.5 cm³/mol. The quantitative estimate of drug-likeness (QED) is 0.550. The Morgan fingerprint density at radius 1 is 0.783 bits per heavy atom. The summed E-state index contributed by atoms with van der Waals surface area (Å²) in [5.41, 5.74) is -6.06. The van der Waals surface area contributed by atoms with Crippen LogP contribution >= 0.6 is 0 Å². The molecule has 0 spiro atoms. The maximum atomic E-state index is 13.3. The number of ether oxygens (including phenoxy) is 1. The van der Waals surface area contributed by atoms with Crippen LogP contribution in [0.25, 0.3) is 0 Å². The smallest absolute Gasteiger partial charge is 0.244 e. The average molecular weight is 376 g/mol. The van der Waals surface area contributed by atoms with Crippen molar-refractivity contribution in [2.24, 2.45) is 0 Å². The number of alkyl halides is 10. The van der Waals surface area contributed by atoms with Crippen molar-refractivity contribution in [1.82, 2.24) is 0 Å². The summed E-state index contributed by atoms with van der Waals surface area (Å²) in [5, 5.41) is 0. The van der Waals surface area contributed by atoms with E-state index < -0.39 is 48.3 Å². The molecule has 0 saturated heterocycles. The van der Waals surface area contributed by atoms with Gasteiger partial charge >= 0.3 is 30.4 Å². The van der Waals surface area contributed by atoms with Crippen molar-refractivity contribution in [2.75, 3.05) is 0 Å². The molecular formula is C9H5F13O. The van der Waals surface area contributed by atoms with Gasteiger partial charge in [-0.3, -0.25) is 0 Å². The summed E-state index contributed by atoms with van der Waals surface area (Å²) < 4.78 is 164. The number of rotatable bonds is 6. The van der Waals surface area contributed by atoms with Crippen LogP contribution in [-0.4, -0.2) is 30.0 Å². The third kappa shape index (κ3) is 3.66. The monoisotopic (exact) mass is 376 g/mol. The van der Waals surface area contributed by atoms with Crippen molar-refractivity contribution < 1.29 is 61.8 Å². The van der Waals surface area contributed by atoms with E-state index in [2.05, 4.69) is 0 Å². The van der Waals surface area contributed by atoms with Crippen LogP contribution in [0.15, 0.2) is 11.9 Å². The van der Waals surface area contributed by atoms with Crippen molar-refractivity contribution in [3.05, 3.63) is 11.9 Å². The fourth-order valence-corrected chi connectivity index (χ4v) is 1.21. The lowest BCUT2D eigenvalue weighted by Gasteiger charge is -2.38. The first-order valence-corrected chi connectivity index (χ1v) is 5.18. The lowest BCUT2D eigenvalue weighted by molar-refractivity contribution is -0.460. The summed E-state index contributed by atoms with van der Waals surface area (Å²) in [7, 11) is 0. The van der Waals surface area contributed by atoms with Gasteiger partial charge in [-0.25, -0.2) is 9.13 Å². The summed E-state index contributed by atoms with van der Waals surface area (Å²) in [6.45, 7) is 0.0251. The van der Waals surface area contributed by atoms with Crippen LogP contribution in [0.3, 0.4) is 0 Å². The highest BCUT2D eigenvalue weighted by molar-refractivity contribution is 5.06. The Morgan fingerprint density at radius 3 is 1.43 bits per heavy atom. The number of hydrogen-bond acceptors (Lipinski definition) is 1. The second-order valence-electron chi connectivity index (χ2n) is 3.94. The zero-order valence-corrected chi connectivity index (χ0v) is 10.5. The van der Waals surface area contributed by atoms with Gasteiger partial charge in [0.1, 0.15) is 0 Å². The fraction of sp³-hybridized carbons (Fsp3) is 0.778. The van der Waals surface area contributed by atoms with Crippen LogP contribution in [-0.2, 0) is 4.74 Å². The summed E-state index contributed by atoms with van der Waals surface area (Å²) in [6.07, 6.45) is -26.4. The molecule has 0 aromatic carbocycles. The molecule has 23 heavy (non-hydrogen) atoms. The van der Waals surface area contributed by atoms with Crippen LogP contribution in [0.5, 0.6) is 0 Å². The van der Waals surface area contributed by atoms with Gasteiger partial charge in [0, 0.05) is 0 Å². The molecule has 1 unspecified atom stereocenters. The highest BCUT2D eigenvalue weighted by Gasteiger charge is 2.81. The SMILES string of the molecule is CCC(F)(C(F)(F)F)C(F)(F)C(F)(F)OC(F)(F)C(F)=C(F)F. The van der Waals surface area contributed by atoms with Gasteiger partial charge in [-0.05, 0) is 6.42 Å². The lowest BCUT2D eigenvalue weighted by atomic mass is 9.92. The van der Waals surface area contributed by atoms with Crippen molar-refractivity contribution in [2.45, 2.75) is 43.3 Å². The first-order chi connectivity index (χ1) is 9.87. The summed E-state index contributed by atoms with van der Waals surface area (Å²) in [5.74, 6) is -11.1. The van der Waals surface area contributed by atoms with Crippen molar-refractivity contribution in [1.29, 1.82) is 0 Å². The van der Waals surface area contributed by atoms with Crippen LogP contribution in [0.1, 0.15) is 13.3 Å². The zero-order chi connectivity index (χ0) is 19.1. The van der Waals surface area contributed by atoms with E-state index in [1.54, 1.807) is 4.74 Å². The second-order valence-corrected chi connectivity index (χ2v) is 3.94. The van der Waals surface area contributed by atoms with Crippen LogP contribution in [0, 0.1) is 0 Å². The maximum Gasteiger partial charge on any atom is 0.428 e. The van der Waals surface area contributed by atoms with Gasteiger partial charge in [0.2, 0.25) is 0 Å². The van der Waals surface area contributed by atoms with Gasteiger partial charge in [0.15, 0.2) is 0 Å². The largest absolute Gasteiger partial charge is 0.428 e. The van der Waals surface area contributed by atoms with Gasteiger partial charge in [-0.1, -0.05) is 6.92 Å². The van der Waals surface area contributed by atoms with Crippen LogP contribution in [0.4, 0.5) is 57.1 Å². The molecule has 14 heteroatoms. The van der Waals surface area contributed by atoms with Crippen molar-refractivity contribution in [3.63, 3.8) is 0 Å². The molecule has 0 bridgehead atoms. The Labute approximate surface area is 118 Å². The van der Waals surface area contributed by atoms with E-state index in [0.29, 0.717) is 0 Å². The highest BCUT2D eigenvalue weighted by atomic mass is 19.4. The van der Waals surface area contributed by atoms with E-state index in [0.717, 1.165) is 0 Å². The van der Waals surface area contributed by atoms with Gasteiger partial charge in [0.25, 0.3) is 11.5 Å². The summed E-state index contributed by atoms with van der Waals surface area (Å²) >= 11 is 0. The lowest BCUT2D eigenvalue weighted by Crippen LogP contribution is -2.64. The molecule has 0 fully saturated rings. The molecule has 0 aliphatic heterocycles. The molecule has 0 rings (SSSR count). The maximum absolute atomic E-state index is 13.3. The zero-order valence-electron chi connectivity index (χ0n) is 10.5. The molecule has 0 aliphatic rings. The molecule has 138 valence electrons. The van der Waals surface area contributed by atoms with Gasteiger partial charge in [0.05, 0.1) is 0 Å². The van der Waals surface area contributed by atoms with Gasteiger partial charge < -0.3 is 0 Å². The minimum atomic E-state index is -7.00. The fourth-order valence-electron chi connectivity index (χ4n) is 1.21. The standard InChI is InChI=1S/C9H5F13O/c1-2-5(13,8(18,19)20)7(16,17)9(21,22)23-6(14,15)3(10)4(11)12/h2H2,1H3. The molecule has 0 heterocycles. The summed E-state index contributed by atoms with van der Waals surface area (Å²) in [4.78, 5) is 0.